The van der Waals surface area contributed by atoms with Crippen molar-refractivity contribution in [3.8, 4) is 0 Å². The zero-order valence-electron chi connectivity index (χ0n) is 19.7. The zero-order chi connectivity index (χ0) is 24.9. The van der Waals surface area contributed by atoms with Crippen molar-refractivity contribution in [2.24, 2.45) is 0 Å². The number of pyridine rings is 1. The molecule has 0 radical (unpaired) electrons. The van der Waals surface area contributed by atoms with Gasteiger partial charge in [0.2, 0.25) is 0 Å². The molecule has 4 aromatic carbocycles. The topological polar surface area (TPSA) is 51.1 Å². The monoisotopic (exact) mass is 492 g/mol. The van der Waals surface area contributed by atoms with Gasteiger partial charge in [-0.05, 0) is 75.8 Å². The van der Waals surface area contributed by atoms with Gasteiger partial charge in [0.15, 0.2) is 0 Å². The Labute approximate surface area is 214 Å². The van der Waals surface area contributed by atoms with Crippen molar-refractivity contribution in [2.75, 3.05) is 0 Å². The fourth-order valence-corrected chi connectivity index (χ4v) is 4.45. The largest absolute Gasteiger partial charge is 0.348 e. The van der Waals surface area contributed by atoms with E-state index in [-0.39, 0.29) is 11.5 Å². The highest BCUT2D eigenvalue weighted by Crippen LogP contribution is 2.21. The molecular formula is C31H25ClN2O2. The summed E-state index contributed by atoms with van der Waals surface area (Å²) in [4.78, 5) is 24.8. The quantitative estimate of drug-likeness (QED) is 0.293. The van der Waals surface area contributed by atoms with E-state index in [0.717, 1.165) is 39.4 Å². The molecule has 0 atom stereocenters. The normalized spacial score (nSPS) is 10.9. The minimum atomic E-state index is -0.100. The minimum absolute atomic E-state index is 0.0119. The predicted molar refractivity (Wildman–Crippen MR) is 146 cm³/mol. The summed E-state index contributed by atoms with van der Waals surface area (Å²) in [6.45, 7) is 0.994. The fourth-order valence-electron chi connectivity index (χ4n) is 4.27. The second-order valence-corrected chi connectivity index (χ2v) is 9.31. The van der Waals surface area contributed by atoms with Crippen molar-refractivity contribution in [3.05, 3.63) is 153 Å². The lowest BCUT2D eigenvalue weighted by atomic mass is 10.0. The number of amides is 1. The van der Waals surface area contributed by atoms with Gasteiger partial charge in [0.05, 0.1) is 6.54 Å². The molecule has 1 amide bonds. The van der Waals surface area contributed by atoms with Crippen molar-refractivity contribution >= 4 is 28.3 Å². The van der Waals surface area contributed by atoms with Crippen LogP contribution in [0.4, 0.5) is 0 Å². The molecule has 0 saturated heterocycles. The molecule has 1 heterocycles. The van der Waals surface area contributed by atoms with Crippen molar-refractivity contribution in [2.45, 2.75) is 19.5 Å². The van der Waals surface area contributed by atoms with Crippen LogP contribution in [0.3, 0.4) is 0 Å². The SMILES string of the molecule is O=C(NCc1ccc2cc(Cl)ccc2c1)c1cccc(Cc2ccc(Cn3ccccc3=O)cc2)c1. The van der Waals surface area contributed by atoms with Gasteiger partial charge >= 0.3 is 0 Å². The van der Waals surface area contributed by atoms with Crippen molar-refractivity contribution in [1.29, 1.82) is 0 Å². The molecule has 1 aromatic heterocycles. The Kier molecular flexibility index (Phi) is 6.96. The Morgan fingerprint density at radius 1 is 0.722 bits per heavy atom. The van der Waals surface area contributed by atoms with Crippen molar-refractivity contribution < 1.29 is 4.79 Å². The standard InChI is InChI=1S/C31H25ClN2O2/c32-29-14-13-26-18-25(11-12-27(26)19-29)20-33-31(36)28-5-3-4-24(17-28)16-22-7-9-23(10-8-22)21-34-15-2-1-6-30(34)35/h1-15,17-19H,16,20-21H2,(H,33,36). The van der Waals surface area contributed by atoms with Crippen LogP contribution < -0.4 is 10.9 Å². The number of hydrogen-bond acceptors (Lipinski definition) is 2. The van der Waals surface area contributed by atoms with Crippen LogP contribution in [-0.2, 0) is 19.5 Å². The van der Waals surface area contributed by atoms with Crippen LogP contribution in [0.2, 0.25) is 5.02 Å². The van der Waals surface area contributed by atoms with Crippen molar-refractivity contribution in [1.82, 2.24) is 9.88 Å². The maximum atomic E-state index is 12.8. The van der Waals surface area contributed by atoms with Gasteiger partial charge in [-0.2, -0.15) is 0 Å². The first-order chi connectivity index (χ1) is 17.5. The highest BCUT2D eigenvalue weighted by molar-refractivity contribution is 6.31. The summed E-state index contributed by atoms with van der Waals surface area (Å²) in [6.07, 6.45) is 2.52. The van der Waals surface area contributed by atoms with Gasteiger partial charge in [0, 0.05) is 29.4 Å². The Hall–Kier alpha value is -4.15. The van der Waals surface area contributed by atoms with Crippen LogP contribution >= 0.6 is 11.6 Å². The summed E-state index contributed by atoms with van der Waals surface area (Å²) in [5.41, 5.74) is 4.94. The predicted octanol–water partition coefficient (Wildman–Crippen LogP) is 6.22. The van der Waals surface area contributed by atoms with Gasteiger partial charge < -0.3 is 9.88 Å². The van der Waals surface area contributed by atoms with E-state index in [1.807, 2.05) is 72.8 Å². The van der Waals surface area contributed by atoms with E-state index in [1.165, 1.54) is 0 Å². The number of carbonyl (C=O) groups is 1. The number of nitrogens with zero attached hydrogens (tertiary/aromatic N) is 1. The maximum absolute atomic E-state index is 12.8. The Morgan fingerprint density at radius 3 is 2.31 bits per heavy atom. The molecule has 36 heavy (non-hydrogen) atoms. The highest BCUT2D eigenvalue weighted by Gasteiger charge is 2.08. The second-order valence-electron chi connectivity index (χ2n) is 8.87. The van der Waals surface area contributed by atoms with Gasteiger partial charge in [-0.1, -0.05) is 72.3 Å². The number of nitrogens with one attached hydrogen (secondary N) is 1. The van der Waals surface area contributed by atoms with Crippen LogP contribution in [0.15, 0.2) is 114 Å². The van der Waals surface area contributed by atoms with Crippen LogP contribution in [0.1, 0.15) is 32.6 Å². The van der Waals surface area contributed by atoms with E-state index < -0.39 is 0 Å². The average molecular weight is 493 g/mol. The lowest BCUT2D eigenvalue weighted by molar-refractivity contribution is 0.0951. The molecule has 0 saturated carbocycles. The first-order valence-corrected chi connectivity index (χ1v) is 12.2. The molecular weight excluding hydrogens is 468 g/mol. The Bertz CT molecular complexity index is 1590. The molecule has 0 aliphatic rings. The number of fused-ring (bicyclic) bond motifs is 1. The van der Waals surface area contributed by atoms with Gasteiger partial charge in [-0.3, -0.25) is 9.59 Å². The van der Waals surface area contributed by atoms with E-state index in [4.69, 9.17) is 11.6 Å². The van der Waals surface area contributed by atoms with Crippen LogP contribution in [0.25, 0.3) is 10.8 Å². The third kappa shape index (κ3) is 5.73. The molecule has 0 aliphatic heterocycles. The fraction of sp³-hybridized carbons (Fsp3) is 0.0968. The lowest BCUT2D eigenvalue weighted by Crippen LogP contribution is -2.22. The molecule has 5 aromatic rings. The summed E-state index contributed by atoms with van der Waals surface area (Å²) >= 11 is 6.07. The molecule has 0 spiro atoms. The highest BCUT2D eigenvalue weighted by atomic mass is 35.5. The first-order valence-electron chi connectivity index (χ1n) is 11.8. The van der Waals surface area contributed by atoms with E-state index in [1.54, 1.807) is 22.9 Å². The number of hydrogen-bond donors (Lipinski definition) is 1. The van der Waals surface area contributed by atoms with E-state index in [9.17, 15) is 9.59 Å². The third-order valence-electron chi connectivity index (χ3n) is 6.19. The molecule has 1 N–H and O–H groups in total. The Balaban J connectivity index is 1.21. The van der Waals surface area contributed by atoms with Crippen LogP contribution in [0.5, 0.6) is 0 Å². The number of benzene rings is 4. The molecule has 4 nitrogen and oxygen atoms in total. The Morgan fingerprint density at radius 2 is 1.47 bits per heavy atom. The summed E-state index contributed by atoms with van der Waals surface area (Å²) < 4.78 is 1.69. The van der Waals surface area contributed by atoms with E-state index >= 15 is 0 Å². The summed E-state index contributed by atoms with van der Waals surface area (Å²) in [6, 6.07) is 33.0. The summed E-state index contributed by atoms with van der Waals surface area (Å²) in [5, 5.41) is 5.90. The number of rotatable bonds is 7. The van der Waals surface area contributed by atoms with Gasteiger partial charge in [-0.25, -0.2) is 0 Å². The van der Waals surface area contributed by atoms with Crippen LogP contribution in [-0.4, -0.2) is 10.5 Å². The number of halogens is 1. The van der Waals surface area contributed by atoms with Crippen LogP contribution in [0, 0.1) is 0 Å². The van der Waals surface area contributed by atoms with E-state index in [2.05, 4.69) is 23.5 Å². The summed E-state index contributed by atoms with van der Waals surface area (Å²) in [7, 11) is 0. The zero-order valence-corrected chi connectivity index (χ0v) is 20.4. The number of carbonyl (C=O) groups excluding carboxylic acids is 1. The molecule has 0 bridgehead atoms. The maximum Gasteiger partial charge on any atom is 0.251 e. The molecule has 0 fully saturated rings. The first kappa shape index (κ1) is 23.6. The molecule has 0 aliphatic carbocycles. The van der Waals surface area contributed by atoms with Gasteiger partial charge in [-0.15, -0.1) is 0 Å². The summed E-state index contributed by atoms with van der Waals surface area (Å²) in [5.74, 6) is -0.100. The lowest BCUT2D eigenvalue weighted by Gasteiger charge is -2.09. The average Bonchev–Trinajstić information content (AvgIpc) is 2.90. The number of aromatic nitrogens is 1. The molecule has 5 heteroatoms. The van der Waals surface area contributed by atoms with Gasteiger partial charge in [0.1, 0.15) is 0 Å². The third-order valence-corrected chi connectivity index (χ3v) is 6.43. The minimum Gasteiger partial charge on any atom is -0.348 e. The van der Waals surface area contributed by atoms with E-state index in [0.29, 0.717) is 23.7 Å². The second kappa shape index (κ2) is 10.6. The molecule has 0 unspecified atom stereocenters. The molecule has 178 valence electrons. The molecule has 5 rings (SSSR count). The van der Waals surface area contributed by atoms with Crippen molar-refractivity contribution in [3.63, 3.8) is 0 Å². The van der Waals surface area contributed by atoms with Gasteiger partial charge in [0.25, 0.3) is 11.5 Å². The smallest absolute Gasteiger partial charge is 0.251 e.